The number of carbonyl (C=O) groups is 2. The first-order valence-electron chi connectivity index (χ1n) is 5.98. The van der Waals surface area contributed by atoms with Gasteiger partial charge in [0.1, 0.15) is 11.6 Å². The van der Waals surface area contributed by atoms with E-state index in [9.17, 15) is 14.7 Å². The Kier molecular flexibility index (Phi) is 4.90. The molecule has 1 N–H and O–H groups in total. The van der Waals surface area contributed by atoms with E-state index < -0.39 is 23.7 Å². The van der Waals surface area contributed by atoms with Crippen LogP contribution in [0, 0.1) is 5.92 Å². The standard InChI is InChI=1S/C12H21NO4S/c1-12(2,3)17-11(16)13(4)9(10(14)15)8-5-6-18-7-8/h8-9H,5-7H2,1-4H3,(H,14,15). The predicted octanol–water partition coefficient (Wildman–Crippen LogP) is 2.06. The van der Waals surface area contributed by atoms with Crippen molar-refractivity contribution in [3.05, 3.63) is 0 Å². The number of hydrogen-bond acceptors (Lipinski definition) is 4. The van der Waals surface area contributed by atoms with Gasteiger partial charge in [0.25, 0.3) is 0 Å². The molecule has 1 aliphatic heterocycles. The van der Waals surface area contributed by atoms with Crippen molar-refractivity contribution in [3.8, 4) is 0 Å². The van der Waals surface area contributed by atoms with E-state index in [1.165, 1.54) is 11.9 Å². The minimum atomic E-state index is -0.962. The van der Waals surface area contributed by atoms with E-state index in [0.717, 1.165) is 17.9 Å². The minimum absolute atomic E-state index is 0.00465. The van der Waals surface area contributed by atoms with E-state index in [2.05, 4.69) is 0 Å². The number of thioether (sulfide) groups is 1. The summed E-state index contributed by atoms with van der Waals surface area (Å²) < 4.78 is 5.21. The highest BCUT2D eigenvalue weighted by Crippen LogP contribution is 2.29. The summed E-state index contributed by atoms with van der Waals surface area (Å²) in [4.78, 5) is 24.4. The van der Waals surface area contributed by atoms with Crippen LogP contribution >= 0.6 is 11.8 Å². The van der Waals surface area contributed by atoms with Crippen LogP contribution in [0.1, 0.15) is 27.2 Å². The maximum atomic E-state index is 11.9. The summed E-state index contributed by atoms with van der Waals surface area (Å²) in [6, 6.07) is -0.796. The number of carboxylic acid groups (broad SMARTS) is 1. The van der Waals surface area contributed by atoms with E-state index in [-0.39, 0.29) is 5.92 Å². The third-order valence-electron chi connectivity index (χ3n) is 2.76. The maximum absolute atomic E-state index is 11.9. The lowest BCUT2D eigenvalue weighted by atomic mass is 9.98. The molecule has 0 bridgehead atoms. The van der Waals surface area contributed by atoms with Gasteiger partial charge in [-0.3, -0.25) is 4.90 Å². The predicted molar refractivity (Wildman–Crippen MR) is 70.9 cm³/mol. The van der Waals surface area contributed by atoms with E-state index in [4.69, 9.17) is 4.74 Å². The summed E-state index contributed by atoms with van der Waals surface area (Å²) in [5, 5.41) is 9.29. The Labute approximate surface area is 112 Å². The highest BCUT2D eigenvalue weighted by Gasteiger charge is 2.37. The van der Waals surface area contributed by atoms with Crippen molar-refractivity contribution in [2.75, 3.05) is 18.6 Å². The van der Waals surface area contributed by atoms with Crippen LogP contribution in [0.3, 0.4) is 0 Å². The zero-order valence-electron chi connectivity index (χ0n) is 11.3. The van der Waals surface area contributed by atoms with E-state index in [1.54, 1.807) is 32.5 Å². The van der Waals surface area contributed by atoms with Crippen molar-refractivity contribution in [2.45, 2.75) is 38.8 Å². The molecule has 1 aliphatic rings. The number of ether oxygens (including phenoxy) is 1. The smallest absolute Gasteiger partial charge is 0.410 e. The van der Waals surface area contributed by atoms with Gasteiger partial charge in [0.15, 0.2) is 0 Å². The quantitative estimate of drug-likeness (QED) is 0.854. The molecule has 1 fully saturated rings. The van der Waals surface area contributed by atoms with Crippen LogP contribution in [0.4, 0.5) is 4.79 Å². The average Bonchev–Trinajstić information content (AvgIpc) is 2.67. The van der Waals surface area contributed by atoms with Gasteiger partial charge < -0.3 is 9.84 Å². The summed E-state index contributed by atoms with van der Waals surface area (Å²) in [6.45, 7) is 5.29. The van der Waals surface area contributed by atoms with Gasteiger partial charge in [-0.15, -0.1) is 0 Å². The zero-order valence-corrected chi connectivity index (χ0v) is 12.1. The number of likely N-dealkylation sites (N-methyl/N-ethyl adjacent to an activating group) is 1. The highest BCUT2D eigenvalue weighted by molar-refractivity contribution is 7.99. The molecular formula is C12H21NO4S. The Morgan fingerprint density at radius 1 is 1.44 bits per heavy atom. The third-order valence-corrected chi connectivity index (χ3v) is 3.95. The van der Waals surface area contributed by atoms with Gasteiger partial charge in [-0.25, -0.2) is 9.59 Å². The van der Waals surface area contributed by atoms with Crippen molar-refractivity contribution in [1.82, 2.24) is 4.90 Å². The second-order valence-electron chi connectivity index (χ2n) is 5.50. The topological polar surface area (TPSA) is 66.8 Å². The number of hydrogen-bond donors (Lipinski definition) is 1. The molecule has 0 aromatic rings. The van der Waals surface area contributed by atoms with Crippen molar-refractivity contribution in [2.24, 2.45) is 5.92 Å². The lowest BCUT2D eigenvalue weighted by Gasteiger charge is -2.31. The summed E-state index contributed by atoms with van der Waals surface area (Å²) in [5.74, 6) is 0.779. The van der Waals surface area contributed by atoms with E-state index in [1.807, 2.05) is 0 Å². The molecular weight excluding hydrogens is 254 g/mol. The maximum Gasteiger partial charge on any atom is 0.410 e. The van der Waals surface area contributed by atoms with Gasteiger partial charge in [0, 0.05) is 13.0 Å². The second-order valence-corrected chi connectivity index (χ2v) is 6.65. The van der Waals surface area contributed by atoms with Gasteiger partial charge in [0.2, 0.25) is 0 Å². The van der Waals surface area contributed by atoms with Crippen molar-refractivity contribution >= 4 is 23.8 Å². The number of rotatable bonds is 3. The number of carbonyl (C=O) groups excluding carboxylic acids is 1. The van der Waals surface area contributed by atoms with Gasteiger partial charge in [-0.1, -0.05) is 0 Å². The number of aliphatic carboxylic acids is 1. The molecule has 0 spiro atoms. The molecule has 0 radical (unpaired) electrons. The molecule has 2 unspecified atom stereocenters. The van der Waals surface area contributed by atoms with Crippen molar-refractivity contribution in [3.63, 3.8) is 0 Å². The molecule has 1 heterocycles. The summed E-state index contributed by atoms with van der Waals surface area (Å²) >= 11 is 1.73. The van der Waals surface area contributed by atoms with Crippen LogP contribution in [0.5, 0.6) is 0 Å². The summed E-state index contributed by atoms with van der Waals surface area (Å²) in [7, 11) is 1.50. The highest BCUT2D eigenvalue weighted by atomic mass is 32.2. The molecule has 0 aromatic heterocycles. The molecule has 104 valence electrons. The van der Waals surface area contributed by atoms with Crippen LogP contribution in [0.25, 0.3) is 0 Å². The first kappa shape index (κ1) is 15.1. The molecule has 6 heteroatoms. The molecule has 2 atom stereocenters. The first-order valence-corrected chi connectivity index (χ1v) is 7.14. The molecule has 0 aromatic carbocycles. The molecule has 1 amide bonds. The number of carboxylic acids is 1. The van der Waals surface area contributed by atoms with Crippen LogP contribution in [0.15, 0.2) is 0 Å². The molecule has 0 saturated carbocycles. The lowest BCUT2D eigenvalue weighted by Crippen LogP contribution is -2.48. The summed E-state index contributed by atoms with van der Waals surface area (Å²) in [6.07, 6.45) is 0.251. The molecule has 18 heavy (non-hydrogen) atoms. The van der Waals surface area contributed by atoms with Crippen molar-refractivity contribution in [1.29, 1.82) is 0 Å². The van der Waals surface area contributed by atoms with Gasteiger partial charge >= 0.3 is 12.1 Å². The molecule has 0 aliphatic carbocycles. The van der Waals surface area contributed by atoms with Crippen LogP contribution in [-0.2, 0) is 9.53 Å². The summed E-state index contributed by atoms with van der Waals surface area (Å²) in [5.41, 5.74) is -0.612. The fourth-order valence-corrected chi connectivity index (χ4v) is 3.22. The lowest BCUT2D eigenvalue weighted by molar-refractivity contribution is -0.144. The van der Waals surface area contributed by atoms with Crippen LogP contribution in [-0.4, -0.2) is 52.3 Å². The van der Waals surface area contributed by atoms with E-state index >= 15 is 0 Å². The Bertz CT molecular complexity index is 321. The fourth-order valence-electron chi connectivity index (χ4n) is 1.93. The normalized spacial score (nSPS) is 21.4. The largest absolute Gasteiger partial charge is 0.480 e. The first-order chi connectivity index (χ1) is 8.22. The van der Waals surface area contributed by atoms with Crippen LogP contribution in [0.2, 0.25) is 0 Å². The van der Waals surface area contributed by atoms with Gasteiger partial charge in [-0.2, -0.15) is 11.8 Å². The fraction of sp³-hybridized carbons (Fsp3) is 0.833. The van der Waals surface area contributed by atoms with Gasteiger partial charge in [0.05, 0.1) is 0 Å². The number of nitrogens with zero attached hydrogens (tertiary/aromatic N) is 1. The Morgan fingerprint density at radius 2 is 2.06 bits per heavy atom. The minimum Gasteiger partial charge on any atom is -0.480 e. The average molecular weight is 275 g/mol. The van der Waals surface area contributed by atoms with Gasteiger partial charge in [-0.05, 0) is 38.7 Å². The van der Waals surface area contributed by atoms with E-state index in [0.29, 0.717) is 0 Å². The van der Waals surface area contributed by atoms with Crippen molar-refractivity contribution < 1.29 is 19.4 Å². The Morgan fingerprint density at radius 3 is 2.44 bits per heavy atom. The Hall–Kier alpha value is -0.910. The Balaban J connectivity index is 2.73. The van der Waals surface area contributed by atoms with Crippen LogP contribution < -0.4 is 0 Å². The molecule has 1 saturated heterocycles. The zero-order chi connectivity index (χ0) is 13.9. The monoisotopic (exact) mass is 275 g/mol. The third kappa shape index (κ3) is 4.08. The number of amides is 1. The molecule has 1 rings (SSSR count). The SMILES string of the molecule is CN(C(=O)OC(C)(C)C)C(C(=O)O)C1CCSC1. The molecule has 5 nitrogen and oxygen atoms in total. The second kappa shape index (κ2) is 5.82.